The summed E-state index contributed by atoms with van der Waals surface area (Å²) in [5.74, 6) is 0.362. The first-order valence-corrected chi connectivity index (χ1v) is 5.59. The molecule has 0 saturated heterocycles. The number of aromatic hydroxyl groups is 1. The van der Waals surface area contributed by atoms with Gasteiger partial charge in [0, 0.05) is 18.7 Å². The highest BCUT2D eigenvalue weighted by molar-refractivity contribution is 5.43. The molecule has 0 aliphatic rings. The first-order chi connectivity index (χ1) is 7.46. The van der Waals surface area contributed by atoms with E-state index < -0.39 is 0 Å². The van der Waals surface area contributed by atoms with Crippen molar-refractivity contribution in [3.8, 4) is 5.75 Å². The summed E-state index contributed by atoms with van der Waals surface area (Å²) in [4.78, 5) is 0. The molecule has 0 aliphatic carbocycles. The van der Waals surface area contributed by atoms with Crippen molar-refractivity contribution >= 4 is 0 Å². The molecule has 0 fully saturated rings. The lowest BCUT2D eigenvalue weighted by molar-refractivity contribution is 0.291. The van der Waals surface area contributed by atoms with Gasteiger partial charge in [-0.3, -0.25) is 0 Å². The lowest BCUT2D eigenvalue weighted by Crippen LogP contribution is -2.18. The van der Waals surface area contributed by atoms with Gasteiger partial charge in [0.05, 0.1) is 6.61 Å². The van der Waals surface area contributed by atoms with Crippen molar-refractivity contribution in [2.75, 3.05) is 13.2 Å². The summed E-state index contributed by atoms with van der Waals surface area (Å²) in [5, 5.41) is 21.9. The molecule has 3 N–H and O–H groups in total. The van der Waals surface area contributed by atoms with E-state index >= 15 is 0 Å². The molecule has 90 valence electrons. The Balaban J connectivity index is 2.87. The van der Waals surface area contributed by atoms with Crippen molar-refractivity contribution in [2.24, 2.45) is 0 Å². The maximum atomic E-state index is 10.1. The first-order valence-electron chi connectivity index (χ1n) is 5.59. The van der Waals surface area contributed by atoms with Crippen LogP contribution in [-0.4, -0.2) is 23.4 Å². The molecule has 1 rings (SSSR count). The zero-order valence-electron chi connectivity index (χ0n) is 10.2. The molecule has 3 nitrogen and oxygen atoms in total. The Kier molecular flexibility index (Phi) is 4.33. The molecule has 0 radical (unpaired) electrons. The molecule has 3 heteroatoms. The summed E-state index contributed by atoms with van der Waals surface area (Å²) in [7, 11) is 0. The largest absolute Gasteiger partial charge is 0.507 e. The second-order valence-electron chi connectivity index (χ2n) is 4.96. The average Bonchev–Trinajstić information content (AvgIpc) is 2.19. The topological polar surface area (TPSA) is 52.5 Å². The van der Waals surface area contributed by atoms with E-state index in [0.717, 1.165) is 11.1 Å². The third-order valence-corrected chi connectivity index (χ3v) is 2.53. The molecule has 0 saturated carbocycles. The third-order valence-electron chi connectivity index (χ3n) is 2.53. The number of aliphatic hydroxyl groups excluding tert-OH is 1. The Morgan fingerprint density at radius 1 is 1.25 bits per heavy atom. The number of rotatable bonds is 4. The van der Waals surface area contributed by atoms with Crippen LogP contribution in [0, 0.1) is 0 Å². The SMILES string of the molecule is CC(C)(C)c1cccc(CNCCO)c1O. The Bertz CT molecular complexity index is 342. The van der Waals surface area contributed by atoms with E-state index in [4.69, 9.17) is 5.11 Å². The van der Waals surface area contributed by atoms with Crippen LogP contribution < -0.4 is 5.32 Å². The Morgan fingerprint density at radius 2 is 1.94 bits per heavy atom. The molecule has 0 unspecified atom stereocenters. The zero-order chi connectivity index (χ0) is 12.2. The van der Waals surface area contributed by atoms with Gasteiger partial charge in [0.15, 0.2) is 0 Å². The van der Waals surface area contributed by atoms with Gasteiger partial charge in [0.25, 0.3) is 0 Å². The predicted octanol–water partition coefficient (Wildman–Crippen LogP) is 1.77. The van der Waals surface area contributed by atoms with E-state index in [1.807, 2.05) is 18.2 Å². The van der Waals surface area contributed by atoms with Gasteiger partial charge in [0.1, 0.15) is 5.75 Å². The maximum Gasteiger partial charge on any atom is 0.123 e. The molecule has 0 spiro atoms. The minimum atomic E-state index is -0.0585. The van der Waals surface area contributed by atoms with Gasteiger partial charge >= 0.3 is 0 Å². The van der Waals surface area contributed by atoms with Gasteiger partial charge in [-0.05, 0) is 11.0 Å². The van der Waals surface area contributed by atoms with Gasteiger partial charge in [0.2, 0.25) is 0 Å². The van der Waals surface area contributed by atoms with Crippen LogP contribution in [0.3, 0.4) is 0 Å². The normalized spacial score (nSPS) is 11.8. The van der Waals surface area contributed by atoms with Gasteiger partial charge in [-0.15, -0.1) is 0 Å². The summed E-state index contributed by atoms with van der Waals surface area (Å²) in [6, 6.07) is 5.80. The Morgan fingerprint density at radius 3 is 2.50 bits per heavy atom. The molecule has 0 heterocycles. The van der Waals surface area contributed by atoms with Crippen LogP contribution >= 0.6 is 0 Å². The smallest absolute Gasteiger partial charge is 0.123 e. The fourth-order valence-electron chi connectivity index (χ4n) is 1.64. The molecule has 0 bridgehead atoms. The highest BCUT2D eigenvalue weighted by Gasteiger charge is 2.19. The standard InChI is InChI=1S/C13H21NO2/c1-13(2,3)11-6-4-5-10(12(11)16)9-14-7-8-15/h4-6,14-16H,7-9H2,1-3H3. The van der Waals surface area contributed by atoms with Gasteiger partial charge in [-0.25, -0.2) is 0 Å². The Hall–Kier alpha value is -1.06. The summed E-state index contributed by atoms with van der Waals surface area (Å²) in [5.41, 5.74) is 1.77. The molecule has 16 heavy (non-hydrogen) atoms. The van der Waals surface area contributed by atoms with Gasteiger partial charge in [-0.2, -0.15) is 0 Å². The predicted molar refractivity (Wildman–Crippen MR) is 65.6 cm³/mol. The van der Waals surface area contributed by atoms with Crippen molar-refractivity contribution in [3.05, 3.63) is 29.3 Å². The van der Waals surface area contributed by atoms with Crippen LogP contribution in [0.5, 0.6) is 5.75 Å². The number of phenolic OH excluding ortho intramolecular Hbond substituents is 1. The lowest BCUT2D eigenvalue weighted by Gasteiger charge is -2.22. The summed E-state index contributed by atoms with van der Waals surface area (Å²) in [6.45, 7) is 7.46. The minimum absolute atomic E-state index is 0.0585. The highest BCUT2D eigenvalue weighted by atomic mass is 16.3. The molecular formula is C13H21NO2. The molecule has 0 atom stereocenters. The molecule has 0 amide bonds. The van der Waals surface area contributed by atoms with Crippen LogP contribution in [0.1, 0.15) is 31.9 Å². The van der Waals surface area contributed by atoms with E-state index in [1.165, 1.54) is 0 Å². The number of nitrogens with one attached hydrogen (secondary N) is 1. The number of phenols is 1. The number of para-hydroxylation sites is 1. The number of benzene rings is 1. The lowest BCUT2D eigenvalue weighted by atomic mass is 9.85. The Labute approximate surface area is 97.1 Å². The average molecular weight is 223 g/mol. The molecule has 0 aromatic heterocycles. The van der Waals surface area contributed by atoms with Gasteiger partial charge < -0.3 is 15.5 Å². The highest BCUT2D eigenvalue weighted by Crippen LogP contribution is 2.32. The zero-order valence-corrected chi connectivity index (χ0v) is 10.2. The summed E-state index contributed by atoms with van der Waals surface area (Å²) >= 11 is 0. The summed E-state index contributed by atoms with van der Waals surface area (Å²) in [6.07, 6.45) is 0. The number of aliphatic hydroxyl groups is 1. The molecule has 0 aliphatic heterocycles. The van der Waals surface area contributed by atoms with Crippen LogP contribution in [-0.2, 0) is 12.0 Å². The van der Waals surface area contributed by atoms with Crippen molar-refractivity contribution in [1.29, 1.82) is 0 Å². The number of hydrogen-bond donors (Lipinski definition) is 3. The van der Waals surface area contributed by atoms with E-state index in [9.17, 15) is 5.11 Å². The van der Waals surface area contributed by atoms with Crippen molar-refractivity contribution in [2.45, 2.75) is 32.7 Å². The van der Waals surface area contributed by atoms with E-state index in [1.54, 1.807) is 0 Å². The fourth-order valence-corrected chi connectivity index (χ4v) is 1.64. The third kappa shape index (κ3) is 3.22. The second-order valence-corrected chi connectivity index (χ2v) is 4.96. The van der Waals surface area contributed by atoms with E-state index in [2.05, 4.69) is 26.1 Å². The van der Waals surface area contributed by atoms with Crippen LogP contribution in [0.4, 0.5) is 0 Å². The van der Waals surface area contributed by atoms with E-state index in [-0.39, 0.29) is 12.0 Å². The van der Waals surface area contributed by atoms with E-state index in [0.29, 0.717) is 18.8 Å². The van der Waals surface area contributed by atoms with Crippen molar-refractivity contribution in [3.63, 3.8) is 0 Å². The molecule has 1 aromatic carbocycles. The molecule has 1 aromatic rings. The number of hydrogen-bond acceptors (Lipinski definition) is 3. The van der Waals surface area contributed by atoms with Gasteiger partial charge in [-0.1, -0.05) is 39.0 Å². The fraction of sp³-hybridized carbons (Fsp3) is 0.538. The minimum Gasteiger partial charge on any atom is -0.507 e. The second kappa shape index (κ2) is 5.32. The van der Waals surface area contributed by atoms with Crippen molar-refractivity contribution < 1.29 is 10.2 Å². The monoisotopic (exact) mass is 223 g/mol. The maximum absolute atomic E-state index is 10.1. The van der Waals surface area contributed by atoms with Crippen LogP contribution in [0.25, 0.3) is 0 Å². The first kappa shape index (κ1) is 13.0. The summed E-state index contributed by atoms with van der Waals surface area (Å²) < 4.78 is 0. The van der Waals surface area contributed by atoms with Crippen molar-refractivity contribution in [1.82, 2.24) is 5.32 Å². The molecular weight excluding hydrogens is 202 g/mol. The quantitative estimate of drug-likeness (QED) is 0.682. The van der Waals surface area contributed by atoms with Crippen LogP contribution in [0.2, 0.25) is 0 Å². The van der Waals surface area contributed by atoms with Crippen LogP contribution in [0.15, 0.2) is 18.2 Å².